The minimum atomic E-state index is -0.529. The first-order valence-corrected chi connectivity index (χ1v) is 5.66. The Labute approximate surface area is 102 Å². The normalized spacial score (nSPS) is 9.69. The molecule has 5 heteroatoms. The lowest BCUT2D eigenvalue weighted by Crippen LogP contribution is -2.09. The van der Waals surface area contributed by atoms with E-state index < -0.39 is 11.9 Å². The van der Waals surface area contributed by atoms with E-state index >= 15 is 0 Å². The molecule has 1 rings (SSSR count). The van der Waals surface area contributed by atoms with Crippen LogP contribution in [0.2, 0.25) is 0 Å². The summed E-state index contributed by atoms with van der Waals surface area (Å²) in [7, 11) is 1.28. The van der Waals surface area contributed by atoms with E-state index in [1.165, 1.54) is 14.0 Å². The average molecular weight is 287 g/mol. The summed E-state index contributed by atoms with van der Waals surface area (Å²) in [5, 5.41) is 0.608. The molecule has 4 nitrogen and oxygen atoms in total. The summed E-state index contributed by atoms with van der Waals surface area (Å²) in [5.41, 5.74) is 1.14. The highest BCUT2D eigenvalue weighted by molar-refractivity contribution is 9.08. The van der Waals surface area contributed by atoms with Crippen molar-refractivity contribution in [2.45, 2.75) is 12.3 Å². The van der Waals surface area contributed by atoms with Crippen LogP contribution in [-0.4, -0.2) is 19.0 Å². The number of esters is 2. The molecule has 0 amide bonds. The van der Waals surface area contributed by atoms with Gasteiger partial charge in [-0.25, -0.2) is 4.79 Å². The van der Waals surface area contributed by atoms with Gasteiger partial charge in [-0.05, 0) is 17.7 Å². The van der Waals surface area contributed by atoms with E-state index in [-0.39, 0.29) is 11.3 Å². The maximum Gasteiger partial charge on any atom is 0.341 e. The number of hydrogen-bond acceptors (Lipinski definition) is 4. The van der Waals surface area contributed by atoms with Crippen LogP contribution < -0.4 is 4.74 Å². The standard InChI is InChI=1S/C11H11BrO4/c1-7(13)16-10-4-3-8(6-12)5-9(10)11(14)15-2/h3-5H,6H2,1-2H3. The van der Waals surface area contributed by atoms with Gasteiger partial charge in [-0.15, -0.1) is 0 Å². The van der Waals surface area contributed by atoms with Gasteiger partial charge in [-0.1, -0.05) is 22.0 Å². The fourth-order valence-electron chi connectivity index (χ4n) is 1.17. The van der Waals surface area contributed by atoms with E-state index in [9.17, 15) is 9.59 Å². The number of alkyl halides is 1. The van der Waals surface area contributed by atoms with Crippen molar-refractivity contribution in [2.75, 3.05) is 7.11 Å². The van der Waals surface area contributed by atoms with Gasteiger partial charge in [0.25, 0.3) is 0 Å². The average Bonchev–Trinajstić information content (AvgIpc) is 2.28. The van der Waals surface area contributed by atoms with E-state index in [2.05, 4.69) is 20.7 Å². The van der Waals surface area contributed by atoms with Gasteiger partial charge in [0, 0.05) is 12.3 Å². The van der Waals surface area contributed by atoms with Gasteiger partial charge in [0.05, 0.1) is 7.11 Å². The van der Waals surface area contributed by atoms with Gasteiger partial charge in [0.1, 0.15) is 11.3 Å². The van der Waals surface area contributed by atoms with Crippen molar-refractivity contribution in [2.24, 2.45) is 0 Å². The number of ether oxygens (including phenoxy) is 2. The molecule has 0 spiro atoms. The van der Waals surface area contributed by atoms with Crippen LogP contribution in [0.5, 0.6) is 5.75 Å². The van der Waals surface area contributed by atoms with Crippen LogP contribution in [0.4, 0.5) is 0 Å². The molecule has 0 N–H and O–H groups in total. The Morgan fingerprint density at radius 2 is 2.06 bits per heavy atom. The lowest BCUT2D eigenvalue weighted by atomic mass is 10.1. The maximum atomic E-state index is 11.5. The molecular weight excluding hydrogens is 276 g/mol. The number of carbonyl (C=O) groups excluding carboxylic acids is 2. The summed E-state index contributed by atoms with van der Waals surface area (Å²) in [6.07, 6.45) is 0. The fourth-order valence-corrected chi connectivity index (χ4v) is 1.52. The minimum Gasteiger partial charge on any atom is -0.465 e. The first-order chi connectivity index (χ1) is 7.58. The number of methoxy groups -OCH3 is 1. The molecule has 0 aliphatic carbocycles. The second kappa shape index (κ2) is 5.65. The highest BCUT2D eigenvalue weighted by atomic mass is 79.9. The molecule has 0 aliphatic rings. The van der Waals surface area contributed by atoms with Gasteiger partial charge >= 0.3 is 11.9 Å². The Balaban J connectivity index is 3.15. The second-order valence-electron chi connectivity index (χ2n) is 3.05. The molecule has 16 heavy (non-hydrogen) atoms. The van der Waals surface area contributed by atoms with Crippen LogP contribution in [-0.2, 0) is 14.9 Å². The molecule has 0 saturated heterocycles. The highest BCUT2D eigenvalue weighted by Crippen LogP contribution is 2.22. The lowest BCUT2D eigenvalue weighted by Gasteiger charge is -2.08. The lowest BCUT2D eigenvalue weighted by molar-refractivity contribution is -0.131. The van der Waals surface area contributed by atoms with Crippen LogP contribution in [0.3, 0.4) is 0 Å². The Morgan fingerprint density at radius 1 is 1.38 bits per heavy atom. The summed E-state index contributed by atoms with van der Waals surface area (Å²) in [6, 6.07) is 4.96. The molecule has 0 saturated carbocycles. The third-order valence-electron chi connectivity index (χ3n) is 1.86. The summed E-state index contributed by atoms with van der Waals surface area (Å²) < 4.78 is 9.53. The summed E-state index contributed by atoms with van der Waals surface area (Å²) in [5.74, 6) is -0.792. The molecule has 0 aromatic heterocycles. The van der Waals surface area contributed by atoms with Gasteiger partial charge in [0.2, 0.25) is 0 Å². The van der Waals surface area contributed by atoms with Crippen molar-refractivity contribution in [1.29, 1.82) is 0 Å². The van der Waals surface area contributed by atoms with Crippen LogP contribution in [0.15, 0.2) is 18.2 Å². The Hall–Kier alpha value is -1.36. The first kappa shape index (κ1) is 12.7. The summed E-state index contributed by atoms with van der Waals surface area (Å²) >= 11 is 3.28. The molecule has 0 aliphatic heterocycles. The topological polar surface area (TPSA) is 52.6 Å². The van der Waals surface area contributed by atoms with Crippen molar-refractivity contribution in [3.8, 4) is 5.75 Å². The highest BCUT2D eigenvalue weighted by Gasteiger charge is 2.15. The molecule has 0 bridgehead atoms. The fraction of sp³-hybridized carbons (Fsp3) is 0.273. The van der Waals surface area contributed by atoms with Crippen molar-refractivity contribution in [3.05, 3.63) is 29.3 Å². The smallest absolute Gasteiger partial charge is 0.341 e. The van der Waals surface area contributed by atoms with E-state index in [0.29, 0.717) is 5.33 Å². The third-order valence-corrected chi connectivity index (χ3v) is 2.50. The second-order valence-corrected chi connectivity index (χ2v) is 3.61. The number of benzene rings is 1. The van der Waals surface area contributed by atoms with Gasteiger partial charge in [-0.3, -0.25) is 4.79 Å². The van der Waals surface area contributed by atoms with E-state index in [4.69, 9.17) is 4.74 Å². The molecular formula is C11H11BrO4. The largest absolute Gasteiger partial charge is 0.465 e. The predicted molar refractivity (Wildman–Crippen MR) is 61.7 cm³/mol. The zero-order valence-electron chi connectivity index (χ0n) is 8.95. The Morgan fingerprint density at radius 3 is 2.56 bits per heavy atom. The molecule has 0 atom stereocenters. The summed E-state index contributed by atoms with van der Waals surface area (Å²) in [4.78, 5) is 22.3. The molecule has 0 unspecified atom stereocenters. The summed E-state index contributed by atoms with van der Waals surface area (Å²) in [6.45, 7) is 1.28. The van der Waals surface area contributed by atoms with Crippen LogP contribution in [0, 0.1) is 0 Å². The van der Waals surface area contributed by atoms with Crippen LogP contribution in [0.25, 0.3) is 0 Å². The molecule has 0 fully saturated rings. The number of halogens is 1. The zero-order chi connectivity index (χ0) is 12.1. The Kier molecular flexibility index (Phi) is 4.49. The molecule has 86 valence electrons. The van der Waals surface area contributed by atoms with Crippen molar-refractivity contribution < 1.29 is 19.1 Å². The molecule has 0 radical (unpaired) electrons. The van der Waals surface area contributed by atoms with Crippen LogP contribution in [0.1, 0.15) is 22.8 Å². The Bertz CT molecular complexity index is 414. The molecule has 0 heterocycles. The van der Waals surface area contributed by atoms with Crippen molar-refractivity contribution >= 4 is 27.9 Å². The molecule has 1 aromatic carbocycles. The predicted octanol–water partition coefficient (Wildman–Crippen LogP) is 2.29. The molecule has 1 aromatic rings. The van der Waals surface area contributed by atoms with Crippen LogP contribution >= 0.6 is 15.9 Å². The van der Waals surface area contributed by atoms with Gasteiger partial charge < -0.3 is 9.47 Å². The van der Waals surface area contributed by atoms with E-state index in [0.717, 1.165) is 5.56 Å². The zero-order valence-corrected chi connectivity index (χ0v) is 10.5. The van der Waals surface area contributed by atoms with Gasteiger partial charge in [-0.2, -0.15) is 0 Å². The SMILES string of the molecule is COC(=O)c1cc(CBr)ccc1OC(C)=O. The van der Waals surface area contributed by atoms with E-state index in [1.807, 2.05) is 0 Å². The third kappa shape index (κ3) is 3.06. The quantitative estimate of drug-likeness (QED) is 0.486. The van der Waals surface area contributed by atoms with Crippen molar-refractivity contribution in [1.82, 2.24) is 0 Å². The minimum absolute atomic E-state index is 0.212. The van der Waals surface area contributed by atoms with Gasteiger partial charge in [0.15, 0.2) is 0 Å². The number of hydrogen-bond donors (Lipinski definition) is 0. The monoisotopic (exact) mass is 286 g/mol. The number of rotatable bonds is 3. The van der Waals surface area contributed by atoms with Crippen molar-refractivity contribution in [3.63, 3.8) is 0 Å². The number of carbonyl (C=O) groups is 2. The van der Waals surface area contributed by atoms with E-state index in [1.54, 1.807) is 18.2 Å². The first-order valence-electron chi connectivity index (χ1n) is 4.54. The maximum absolute atomic E-state index is 11.5.